The summed E-state index contributed by atoms with van der Waals surface area (Å²) in [6, 6.07) is 4.55. The molecule has 0 aliphatic carbocycles. The molecule has 0 aliphatic heterocycles. The Balaban J connectivity index is 2.46. The van der Waals surface area contributed by atoms with Crippen LogP contribution in [0, 0.1) is 27.2 Å². The van der Waals surface area contributed by atoms with Crippen LogP contribution in [0.3, 0.4) is 0 Å². The molecule has 2 aromatic rings. The topological polar surface area (TPSA) is 130 Å². The van der Waals surface area contributed by atoms with Gasteiger partial charge in [-0.15, -0.1) is 0 Å². The lowest BCUT2D eigenvalue weighted by Crippen LogP contribution is -2.08. The van der Waals surface area contributed by atoms with Gasteiger partial charge in [0.1, 0.15) is 5.69 Å². The Bertz CT molecular complexity index is 742. The highest BCUT2D eigenvalue weighted by Crippen LogP contribution is 2.28. The van der Waals surface area contributed by atoms with Gasteiger partial charge in [0.15, 0.2) is 0 Å². The molecule has 0 fully saturated rings. The zero-order valence-corrected chi connectivity index (χ0v) is 12.4. The zero-order valence-electron chi connectivity index (χ0n) is 10.8. The second-order valence-corrected chi connectivity index (χ2v) is 5.18. The van der Waals surface area contributed by atoms with Gasteiger partial charge in [0.25, 0.3) is 5.69 Å². The van der Waals surface area contributed by atoms with Crippen LogP contribution >= 0.6 is 15.9 Å². The fraction of sp³-hybridized carbons (Fsp3) is 0.182. The predicted octanol–water partition coefficient (Wildman–Crippen LogP) is 2.40. The van der Waals surface area contributed by atoms with Crippen LogP contribution in [0.5, 0.6) is 0 Å². The van der Waals surface area contributed by atoms with Crippen molar-refractivity contribution in [3.8, 4) is 0 Å². The number of hydrogen-bond donors (Lipinski definition) is 1. The van der Waals surface area contributed by atoms with Crippen LogP contribution < -0.4 is 5.73 Å². The number of rotatable bonds is 4. The fourth-order valence-corrected chi connectivity index (χ4v) is 2.29. The first-order valence-corrected chi connectivity index (χ1v) is 6.50. The largest absolute Gasteiger partial charge is 0.378 e. The number of aryl methyl sites for hydroxylation is 1. The molecule has 0 atom stereocenters. The average molecular weight is 356 g/mol. The molecule has 0 radical (unpaired) electrons. The van der Waals surface area contributed by atoms with Crippen molar-refractivity contribution in [1.29, 1.82) is 0 Å². The van der Waals surface area contributed by atoms with Crippen molar-refractivity contribution in [1.82, 2.24) is 9.78 Å². The van der Waals surface area contributed by atoms with Crippen molar-refractivity contribution >= 4 is 33.1 Å². The van der Waals surface area contributed by atoms with Gasteiger partial charge in [0, 0.05) is 10.5 Å². The number of nitrogen functional groups attached to an aromatic ring is 1. The van der Waals surface area contributed by atoms with Gasteiger partial charge in [-0.05, 0) is 19.1 Å². The summed E-state index contributed by atoms with van der Waals surface area (Å²) in [6.07, 6.45) is 0. The molecule has 2 N–H and O–H groups in total. The Kier molecular flexibility index (Phi) is 3.89. The van der Waals surface area contributed by atoms with Crippen LogP contribution in [-0.2, 0) is 6.54 Å². The van der Waals surface area contributed by atoms with E-state index < -0.39 is 9.85 Å². The minimum absolute atomic E-state index is 0.0237. The molecule has 0 amide bonds. The van der Waals surface area contributed by atoms with E-state index in [-0.39, 0.29) is 29.4 Å². The van der Waals surface area contributed by atoms with E-state index in [1.165, 1.54) is 17.7 Å². The second kappa shape index (κ2) is 5.48. The average Bonchev–Trinajstić information content (AvgIpc) is 2.66. The lowest BCUT2D eigenvalue weighted by molar-refractivity contribution is -0.385. The molecule has 1 heterocycles. The van der Waals surface area contributed by atoms with E-state index >= 15 is 0 Å². The Labute approximate surface area is 126 Å². The molecule has 2 rings (SSSR count). The van der Waals surface area contributed by atoms with E-state index in [9.17, 15) is 20.2 Å². The maximum Gasteiger partial charge on any atom is 0.333 e. The van der Waals surface area contributed by atoms with Crippen LogP contribution in [-0.4, -0.2) is 19.6 Å². The third kappa shape index (κ3) is 2.84. The molecule has 0 saturated heterocycles. The number of halogens is 1. The van der Waals surface area contributed by atoms with E-state index in [4.69, 9.17) is 5.73 Å². The Morgan fingerprint density at radius 2 is 2.00 bits per heavy atom. The number of nitrogens with zero attached hydrogens (tertiary/aromatic N) is 4. The summed E-state index contributed by atoms with van der Waals surface area (Å²) < 4.78 is 1.75. The maximum absolute atomic E-state index is 11.0. The molecule has 0 bridgehead atoms. The van der Waals surface area contributed by atoms with Gasteiger partial charge in [0.05, 0.1) is 22.0 Å². The molecule has 1 aromatic carbocycles. The van der Waals surface area contributed by atoms with Crippen molar-refractivity contribution in [2.75, 3.05) is 5.73 Å². The third-order valence-corrected chi connectivity index (χ3v) is 3.37. The minimum atomic E-state index is -0.621. The number of nitro benzene ring substituents is 1. The van der Waals surface area contributed by atoms with Crippen molar-refractivity contribution in [3.63, 3.8) is 0 Å². The van der Waals surface area contributed by atoms with Crippen LogP contribution in [0.25, 0.3) is 0 Å². The van der Waals surface area contributed by atoms with Gasteiger partial charge < -0.3 is 5.73 Å². The summed E-state index contributed by atoms with van der Waals surface area (Å²) in [4.78, 5) is 20.8. The van der Waals surface area contributed by atoms with Gasteiger partial charge in [-0.3, -0.25) is 20.2 Å². The highest BCUT2D eigenvalue weighted by Gasteiger charge is 2.24. The number of nitro groups is 2. The van der Waals surface area contributed by atoms with Crippen molar-refractivity contribution in [3.05, 3.63) is 54.2 Å². The zero-order chi connectivity index (χ0) is 15.7. The molecule has 10 heteroatoms. The quantitative estimate of drug-likeness (QED) is 0.661. The van der Waals surface area contributed by atoms with Crippen LogP contribution in [0.4, 0.5) is 17.2 Å². The van der Waals surface area contributed by atoms with Crippen molar-refractivity contribution in [2.24, 2.45) is 0 Å². The molecule has 21 heavy (non-hydrogen) atoms. The van der Waals surface area contributed by atoms with Crippen LogP contribution in [0.1, 0.15) is 11.3 Å². The molecule has 9 nitrogen and oxygen atoms in total. The summed E-state index contributed by atoms with van der Waals surface area (Å²) in [7, 11) is 0. The standard InChI is InChI=1S/C11H10BrN5O4/c1-6-10(17(20)21)11(13)15(14-6)5-7-2-3-8(12)4-9(7)16(18)19/h2-4H,5,13H2,1H3. The van der Waals surface area contributed by atoms with E-state index in [2.05, 4.69) is 21.0 Å². The first-order valence-electron chi connectivity index (χ1n) is 5.71. The predicted molar refractivity (Wildman–Crippen MR) is 77.9 cm³/mol. The lowest BCUT2D eigenvalue weighted by Gasteiger charge is -2.05. The molecule has 0 aliphatic rings. The number of aromatic nitrogens is 2. The van der Waals surface area contributed by atoms with Crippen LogP contribution in [0.2, 0.25) is 0 Å². The smallest absolute Gasteiger partial charge is 0.333 e. The SMILES string of the molecule is Cc1nn(Cc2ccc(Br)cc2[N+](=O)[O-])c(N)c1[N+](=O)[O-]. The second-order valence-electron chi connectivity index (χ2n) is 4.26. The summed E-state index contributed by atoms with van der Waals surface area (Å²) in [6.45, 7) is 1.44. The Morgan fingerprint density at radius 3 is 2.52 bits per heavy atom. The first kappa shape index (κ1) is 14.9. The Morgan fingerprint density at radius 1 is 1.33 bits per heavy atom. The molecule has 0 unspecified atom stereocenters. The summed E-state index contributed by atoms with van der Waals surface area (Å²) >= 11 is 3.16. The van der Waals surface area contributed by atoms with Gasteiger partial charge >= 0.3 is 5.69 Å². The monoisotopic (exact) mass is 355 g/mol. The van der Waals surface area contributed by atoms with E-state index in [0.717, 1.165) is 0 Å². The van der Waals surface area contributed by atoms with Crippen molar-refractivity contribution < 1.29 is 9.85 Å². The van der Waals surface area contributed by atoms with Crippen LogP contribution in [0.15, 0.2) is 22.7 Å². The molecular formula is C11H10BrN5O4. The minimum Gasteiger partial charge on any atom is -0.378 e. The fourth-order valence-electron chi connectivity index (χ4n) is 1.94. The van der Waals surface area contributed by atoms with Gasteiger partial charge in [0.2, 0.25) is 5.82 Å². The first-order chi connectivity index (χ1) is 9.81. The van der Waals surface area contributed by atoms with Gasteiger partial charge in [-0.1, -0.05) is 15.9 Å². The highest BCUT2D eigenvalue weighted by atomic mass is 79.9. The number of nitrogens with two attached hydrogens (primary N) is 1. The molecule has 0 saturated carbocycles. The molecule has 110 valence electrons. The number of benzene rings is 1. The Hall–Kier alpha value is -2.49. The molecule has 0 spiro atoms. The van der Waals surface area contributed by atoms with Crippen molar-refractivity contribution in [2.45, 2.75) is 13.5 Å². The summed E-state index contributed by atoms with van der Waals surface area (Å²) in [5.74, 6) is -0.130. The molecule has 1 aromatic heterocycles. The normalized spacial score (nSPS) is 10.6. The van der Waals surface area contributed by atoms with E-state index in [1.54, 1.807) is 12.1 Å². The lowest BCUT2D eigenvalue weighted by atomic mass is 10.2. The van der Waals surface area contributed by atoms with E-state index in [1.807, 2.05) is 0 Å². The van der Waals surface area contributed by atoms with E-state index in [0.29, 0.717) is 10.0 Å². The number of anilines is 1. The third-order valence-electron chi connectivity index (χ3n) is 2.88. The number of hydrogen-bond acceptors (Lipinski definition) is 6. The maximum atomic E-state index is 11.0. The highest BCUT2D eigenvalue weighted by molar-refractivity contribution is 9.10. The summed E-state index contributed by atoms with van der Waals surface area (Å²) in [5.41, 5.74) is 5.81. The molecular weight excluding hydrogens is 346 g/mol. The van der Waals surface area contributed by atoms with Gasteiger partial charge in [-0.2, -0.15) is 5.10 Å². The van der Waals surface area contributed by atoms with Gasteiger partial charge in [-0.25, -0.2) is 4.68 Å². The summed E-state index contributed by atoms with van der Waals surface area (Å²) in [5, 5.41) is 25.9.